The minimum atomic E-state index is 0.464. The molecule has 8 aromatic carbocycles. The van der Waals surface area contributed by atoms with Crippen LogP contribution in [0, 0.1) is 0 Å². The standard InChI is InChI=1S/C52H31N5O/c1-3-13-32(14-4-1)34-23-24-36-30-38(26-25-35(36)29-34)50-54-51(48-47-41-20-10-12-22-44(41)58-45(47)27-28-53-48)56-52(55-50)57-43-21-11-9-19-40(43)46-42(33-15-5-2-6-16-33)31-37-17-7-8-18-39(37)49(46)57/h1-31H. The summed E-state index contributed by atoms with van der Waals surface area (Å²) < 4.78 is 8.54. The van der Waals surface area contributed by atoms with E-state index in [1.165, 1.54) is 11.1 Å². The normalized spacial score (nSPS) is 11.8. The van der Waals surface area contributed by atoms with Crippen molar-refractivity contribution >= 4 is 65.3 Å². The Labute approximate surface area is 332 Å². The number of nitrogens with zero attached hydrogens (tertiary/aromatic N) is 5. The van der Waals surface area contributed by atoms with E-state index in [9.17, 15) is 0 Å². The van der Waals surface area contributed by atoms with Gasteiger partial charge in [-0.25, -0.2) is 4.98 Å². The molecule has 12 rings (SSSR count). The van der Waals surface area contributed by atoms with Crippen LogP contribution in [-0.4, -0.2) is 24.5 Å². The van der Waals surface area contributed by atoms with Gasteiger partial charge in [0.05, 0.1) is 16.4 Å². The van der Waals surface area contributed by atoms with Crippen molar-refractivity contribution in [3.8, 4) is 51.1 Å². The molecule has 0 aliphatic carbocycles. The maximum atomic E-state index is 6.32. The van der Waals surface area contributed by atoms with Gasteiger partial charge in [-0.2, -0.15) is 9.97 Å². The molecule has 0 fully saturated rings. The SMILES string of the molecule is c1ccc(-c2ccc3cc(-c4nc(-c5nccc6oc7ccccc7c56)nc(-n5c6ccccc6c6c(-c7ccccc7)cc7ccccc7c65)n4)ccc3c2)cc1. The van der Waals surface area contributed by atoms with E-state index in [0.29, 0.717) is 23.3 Å². The summed E-state index contributed by atoms with van der Waals surface area (Å²) in [7, 11) is 0. The first-order valence-corrected chi connectivity index (χ1v) is 19.4. The van der Waals surface area contributed by atoms with Gasteiger partial charge in [0.15, 0.2) is 11.6 Å². The van der Waals surface area contributed by atoms with Gasteiger partial charge < -0.3 is 4.42 Å². The Balaban J connectivity index is 1.17. The maximum absolute atomic E-state index is 6.32. The van der Waals surface area contributed by atoms with Crippen molar-refractivity contribution in [2.75, 3.05) is 0 Å². The molecule has 0 radical (unpaired) electrons. The maximum Gasteiger partial charge on any atom is 0.238 e. The van der Waals surface area contributed by atoms with Crippen molar-refractivity contribution in [2.24, 2.45) is 0 Å². The second kappa shape index (κ2) is 12.8. The molecule has 12 aromatic rings. The highest BCUT2D eigenvalue weighted by molar-refractivity contribution is 6.24. The Hall–Kier alpha value is -7.96. The molecule has 0 saturated heterocycles. The summed E-state index contributed by atoms with van der Waals surface area (Å²) in [6, 6.07) is 63.5. The summed E-state index contributed by atoms with van der Waals surface area (Å²) in [5.41, 5.74) is 9.72. The Bertz CT molecular complexity index is 3570. The molecule has 0 amide bonds. The second-order valence-electron chi connectivity index (χ2n) is 14.6. The molecule has 4 aromatic heterocycles. The third-order valence-electron chi connectivity index (χ3n) is 11.3. The number of furan rings is 1. The minimum Gasteiger partial charge on any atom is -0.456 e. The van der Waals surface area contributed by atoms with Gasteiger partial charge in [0, 0.05) is 33.3 Å². The molecule has 0 N–H and O–H groups in total. The summed E-state index contributed by atoms with van der Waals surface area (Å²) in [5, 5.41) is 8.56. The molecule has 0 saturated carbocycles. The molecule has 0 aliphatic heterocycles. The van der Waals surface area contributed by atoms with Crippen molar-refractivity contribution in [3.05, 3.63) is 188 Å². The lowest BCUT2D eigenvalue weighted by molar-refractivity contribution is 0.668. The monoisotopic (exact) mass is 741 g/mol. The number of para-hydroxylation sites is 2. The minimum absolute atomic E-state index is 0.464. The number of rotatable bonds is 5. The highest BCUT2D eigenvalue weighted by Gasteiger charge is 2.24. The van der Waals surface area contributed by atoms with Gasteiger partial charge in [-0.1, -0.05) is 146 Å². The summed E-state index contributed by atoms with van der Waals surface area (Å²) in [4.78, 5) is 20.9. The first-order chi connectivity index (χ1) is 28.7. The van der Waals surface area contributed by atoms with Gasteiger partial charge in [0.25, 0.3) is 0 Å². The number of hydrogen-bond donors (Lipinski definition) is 0. The van der Waals surface area contributed by atoms with Crippen molar-refractivity contribution in [3.63, 3.8) is 0 Å². The fourth-order valence-electron chi connectivity index (χ4n) is 8.62. The van der Waals surface area contributed by atoms with Gasteiger partial charge in [0.1, 0.15) is 16.9 Å². The molecule has 0 atom stereocenters. The zero-order valence-corrected chi connectivity index (χ0v) is 31.0. The van der Waals surface area contributed by atoms with Gasteiger partial charge in [0.2, 0.25) is 5.95 Å². The summed E-state index contributed by atoms with van der Waals surface area (Å²) >= 11 is 0. The fourth-order valence-corrected chi connectivity index (χ4v) is 8.62. The predicted octanol–water partition coefficient (Wildman–Crippen LogP) is 13.2. The van der Waals surface area contributed by atoms with Crippen LogP contribution in [0.1, 0.15) is 0 Å². The Morgan fingerprint density at radius 1 is 0.414 bits per heavy atom. The van der Waals surface area contributed by atoms with E-state index < -0.39 is 0 Å². The highest BCUT2D eigenvalue weighted by Crippen LogP contribution is 2.43. The van der Waals surface area contributed by atoms with Crippen LogP contribution in [-0.2, 0) is 0 Å². The molecule has 6 nitrogen and oxygen atoms in total. The van der Waals surface area contributed by atoms with Gasteiger partial charge in [-0.05, 0) is 74.8 Å². The molecule has 0 unspecified atom stereocenters. The van der Waals surface area contributed by atoms with E-state index in [0.717, 1.165) is 82.0 Å². The molecule has 6 heteroatoms. The molecule has 0 spiro atoms. The van der Waals surface area contributed by atoms with Crippen LogP contribution in [0.15, 0.2) is 193 Å². The lowest BCUT2D eigenvalue weighted by Gasteiger charge is -2.13. The molecular formula is C52H31N5O. The molecule has 0 aliphatic rings. The highest BCUT2D eigenvalue weighted by atomic mass is 16.3. The largest absolute Gasteiger partial charge is 0.456 e. The number of aromatic nitrogens is 5. The van der Waals surface area contributed by atoms with E-state index in [1.54, 1.807) is 6.20 Å². The van der Waals surface area contributed by atoms with Crippen molar-refractivity contribution < 1.29 is 4.42 Å². The smallest absolute Gasteiger partial charge is 0.238 e. The Morgan fingerprint density at radius 2 is 1.07 bits per heavy atom. The number of pyridine rings is 1. The fraction of sp³-hybridized carbons (Fsp3) is 0. The molecular weight excluding hydrogens is 711 g/mol. The number of fused-ring (bicyclic) bond motifs is 9. The molecule has 0 bridgehead atoms. The lowest BCUT2D eigenvalue weighted by atomic mass is 9.95. The predicted molar refractivity (Wildman–Crippen MR) is 236 cm³/mol. The average Bonchev–Trinajstić information content (AvgIpc) is 3.86. The summed E-state index contributed by atoms with van der Waals surface area (Å²) in [6.07, 6.45) is 1.77. The van der Waals surface area contributed by atoms with E-state index in [4.69, 9.17) is 24.4 Å². The Morgan fingerprint density at radius 3 is 1.90 bits per heavy atom. The third kappa shape index (κ3) is 5.05. The van der Waals surface area contributed by atoms with E-state index in [1.807, 2.05) is 30.3 Å². The van der Waals surface area contributed by atoms with Crippen molar-refractivity contribution in [1.82, 2.24) is 24.5 Å². The van der Waals surface area contributed by atoms with Crippen LogP contribution in [0.25, 0.3) is 116 Å². The topological polar surface area (TPSA) is 69.6 Å². The van der Waals surface area contributed by atoms with E-state index in [2.05, 4.69) is 156 Å². The zero-order valence-electron chi connectivity index (χ0n) is 31.0. The van der Waals surface area contributed by atoms with Crippen LogP contribution in [0.2, 0.25) is 0 Å². The number of benzene rings is 8. The average molecular weight is 742 g/mol. The quantitative estimate of drug-likeness (QED) is 0.176. The second-order valence-corrected chi connectivity index (χ2v) is 14.6. The van der Waals surface area contributed by atoms with Crippen molar-refractivity contribution in [2.45, 2.75) is 0 Å². The Kier molecular flexibility index (Phi) is 7.13. The van der Waals surface area contributed by atoms with Crippen LogP contribution in [0.3, 0.4) is 0 Å². The van der Waals surface area contributed by atoms with Gasteiger partial charge >= 0.3 is 0 Å². The van der Waals surface area contributed by atoms with Gasteiger partial charge in [-0.3, -0.25) is 9.55 Å². The first kappa shape index (κ1) is 32.3. The molecule has 4 heterocycles. The van der Waals surface area contributed by atoms with Gasteiger partial charge in [-0.15, -0.1) is 0 Å². The van der Waals surface area contributed by atoms with E-state index in [-0.39, 0.29) is 0 Å². The number of hydrogen-bond acceptors (Lipinski definition) is 5. The van der Waals surface area contributed by atoms with E-state index >= 15 is 0 Å². The molecule has 270 valence electrons. The lowest BCUT2D eigenvalue weighted by Crippen LogP contribution is -2.07. The van der Waals surface area contributed by atoms with Crippen molar-refractivity contribution in [1.29, 1.82) is 0 Å². The van der Waals surface area contributed by atoms with Crippen LogP contribution in [0.5, 0.6) is 0 Å². The van der Waals surface area contributed by atoms with Crippen LogP contribution >= 0.6 is 0 Å². The zero-order chi connectivity index (χ0) is 38.2. The van der Waals surface area contributed by atoms with Crippen LogP contribution in [0.4, 0.5) is 0 Å². The summed E-state index contributed by atoms with van der Waals surface area (Å²) in [5.74, 6) is 1.52. The molecule has 58 heavy (non-hydrogen) atoms. The summed E-state index contributed by atoms with van der Waals surface area (Å²) in [6.45, 7) is 0. The first-order valence-electron chi connectivity index (χ1n) is 19.4. The third-order valence-corrected chi connectivity index (χ3v) is 11.3. The van der Waals surface area contributed by atoms with Crippen LogP contribution < -0.4 is 0 Å².